The van der Waals surface area contributed by atoms with Gasteiger partial charge >= 0.3 is 0 Å². The van der Waals surface area contributed by atoms with E-state index < -0.39 is 0 Å². The third-order valence-electron chi connectivity index (χ3n) is 4.74. The molecule has 0 spiro atoms. The SMILES string of the molecule is CCCCCCNC(=NCc1cccnc1N1CCN(C)CC1)NCC.I. The highest BCUT2D eigenvalue weighted by molar-refractivity contribution is 14.0. The first-order chi connectivity index (χ1) is 12.7. The van der Waals surface area contributed by atoms with Gasteiger partial charge in [0, 0.05) is 51.0 Å². The molecule has 0 aliphatic carbocycles. The molecule has 1 saturated heterocycles. The van der Waals surface area contributed by atoms with Crippen molar-refractivity contribution >= 4 is 35.8 Å². The van der Waals surface area contributed by atoms with E-state index in [-0.39, 0.29) is 24.0 Å². The Labute approximate surface area is 182 Å². The lowest BCUT2D eigenvalue weighted by atomic mass is 10.2. The van der Waals surface area contributed by atoms with Crippen molar-refractivity contribution in [1.82, 2.24) is 20.5 Å². The average Bonchev–Trinajstić information content (AvgIpc) is 2.67. The van der Waals surface area contributed by atoms with E-state index in [2.05, 4.69) is 52.4 Å². The Balaban J connectivity index is 0.00000364. The van der Waals surface area contributed by atoms with Crippen LogP contribution in [0, 0.1) is 0 Å². The fraction of sp³-hybridized carbons (Fsp3) is 0.700. The highest BCUT2D eigenvalue weighted by atomic mass is 127. The van der Waals surface area contributed by atoms with Crippen molar-refractivity contribution in [3.8, 4) is 0 Å². The Morgan fingerprint density at radius 3 is 2.59 bits per heavy atom. The molecule has 2 heterocycles. The molecule has 27 heavy (non-hydrogen) atoms. The summed E-state index contributed by atoms with van der Waals surface area (Å²) in [5.74, 6) is 1.99. The Bertz CT molecular complexity index is 543. The van der Waals surface area contributed by atoms with Gasteiger partial charge in [0.2, 0.25) is 0 Å². The molecule has 0 radical (unpaired) electrons. The van der Waals surface area contributed by atoms with E-state index in [1.165, 1.54) is 31.2 Å². The second-order valence-corrected chi connectivity index (χ2v) is 6.96. The molecule has 0 bridgehead atoms. The van der Waals surface area contributed by atoms with Gasteiger partial charge in [-0.15, -0.1) is 24.0 Å². The second kappa shape index (κ2) is 14.0. The minimum atomic E-state index is 0. The van der Waals surface area contributed by atoms with Gasteiger partial charge < -0.3 is 20.4 Å². The number of pyridine rings is 1. The Hall–Kier alpha value is -1.09. The second-order valence-electron chi connectivity index (χ2n) is 6.96. The van der Waals surface area contributed by atoms with E-state index >= 15 is 0 Å². The van der Waals surface area contributed by atoms with Crippen LogP contribution in [0.3, 0.4) is 0 Å². The van der Waals surface area contributed by atoms with E-state index in [0.29, 0.717) is 6.54 Å². The van der Waals surface area contributed by atoms with Crippen LogP contribution in [0.15, 0.2) is 23.3 Å². The summed E-state index contributed by atoms with van der Waals surface area (Å²) < 4.78 is 0. The van der Waals surface area contributed by atoms with Crippen molar-refractivity contribution < 1.29 is 0 Å². The average molecular weight is 488 g/mol. The number of aliphatic imine (C=N–C) groups is 1. The first-order valence-electron chi connectivity index (χ1n) is 10.1. The standard InChI is InChI=1S/C20H36N6.HI/c1-4-6-7-8-11-23-20(21-5-2)24-17-18-10-9-12-22-19(18)26-15-13-25(3)14-16-26;/h9-10,12H,4-8,11,13-17H2,1-3H3,(H2,21,23,24);1H. The number of hydrogen-bond acceptors (Lipinski definition) is 4. The lowest BCUT2D eigenvalue weighted by Gasteiger charge is -2.34. The van der Waals surface area contributed by atoms with Crippen LogP contribution in [0.2, 0.25) is 0 Å². The molecule has 0 unspecified atom stereocenters. The van der Waals surface area contributed by atoms with Crippen molar-refractivity contribution in [3.05, 3.63) is 23.9 Å². The molecule has 2 N–H and O–H groups in total. The number of hydrogen-bond donors (Lipinski definition) is 2. The van der Waals surface area contributed by atoms with Gasteiger partial charge in [0.15, 0.2) is 5.96 Å². The van der Waals surface area contributed by atoms with Crippen LogP contribution in [0.4, 0.5) is 5.82 Å². The highest BCUT2D eigenvalue weighted by Crippen LogP contribution is 2.19. The van der Waals surface area contributed by atoms with Crippen LogP contribution < -0.4 is 15.5 Å². The maximum Gasteiger partial charge on any atom is 0.191 e. The zero-order valence-corrected chi connectivity index (χ0v) is 19.5. The lowest BCUT2D eigenvalue weighted by Crippen LogP contribution is -2.45. The molecule has 0 saturated carbocycles. The molecule has 1 aromatic heterocycles. The van der Waals surface area contributed by atoms with Gasteiger partial charge in [0.1, 0.15) is 5.82 Å². The first kappa shape index (κ1) is 23.9. The van der Waals surface area contributed by atoms with Crippen LogP contribution in [0.25, 0.3) is 0 Å². The molecular weight excluding hydrogens is 451 g/mol. The van der Waals surface area contributed by atoms with Gasteiger partial charge in [-0.3, -0.25) is 0 Å². The monoisotopic (exact) mass is 488 g/mol. The number of nitrogens with zero attached hydrogens (tertiary/aromatic N) is 4. The number of unbranched alkanes of at least 4 members (excludes halogenated alkanes) is 3. The van der Waals surface area contributed by atoms with Crippen LogP contribution in [0.5, 0.6) is 0 Å². The number of likely N-dealkylation sites (N-methyl/N-ethyl adjacent to an activating group) is 1. The van der Waals surface area contributed by atoms with Crippen molar-refractivity contribution in [1.29, 1.82) is 0 Å². The van der Waals surface area contributed by atoms with Gasteiger partial charge in [-0.1, -0.05) is 32.3 Å². The Kier molecular flexibility index (Phi) is 12.4. The molecular formula is C20H37IN6. The third kappa shape index (κ3) is 8.64. The maximum atomic E-state index is 4.79. The molecule has 1 fully saturated rings. The van der Waals surface area contributed by atoms with E-state index in [4.69, 9.17) is 4.99 Å². The number of aromatic nitrogens is 1. The largest absolute Gasteiger partial charge is 0.357 e. The zero-order chi connectivity index (χ0) is 18.6. The highest BCUT2D eigenvalue weighted by Gasteiger charge is 2.17. The molecule has 0 aromatic carbocycles. The molecule has 1 aromatic rings. The summed E-state index contributed by atoms with van der Waals surface area (Å²) in [5, 5.41) is 6.80. The molecule has 0 atom stereocenters. The molecule has 0 amide bonds. The summed E-state index contributed by atoms with van der Waals surface area (Å²) in [6, 6.07) is 4.16. The summed E-state index contributed by atoms with van der Waals surface area (Å²) in [5.41, 5.74) is 1.19. The van der Waals surface area contributed by atoms with E-state index in [1.807, 2.05) is 12.3 Å². The molecule has 154 valence electrons. The minimum absolute atomic E-state index is 0. The fourth-order valence-corrected chi connectivity index (χ4v) is 3.12. The number of nitrogens with one attached hydrogen (secondary N) is 2. The Morgan fingerprint density at radius 2 is 1.89 bits per heavy atom. The fourth-order valence-electron chi connectivity index (χ4n) is 3.12. The number of guanidine groups is 1. The van der Waals surface area contributed by atoms with Crippen LogP contribution in [-0.2, 0) is 6.54 Å². The summed E-state index contributed by atoms with van der Waals surface area (Å²) in [7, 11) is 2.18. The van der Waals surface area contributed by atoms with Gasteiger partial charge in [-0.05, 0) is 26.5 Å². The minimum Gasteiger partial charge on any atom is -0.357 e. The predicted molar refractivity (Wildman–Crippen MR) is 126 cm³/mol. The Morgan fingerprint density at radius 1 is 1.11 bits per heavy atom. The van der Waals surface area contributed by atoms with Crippen LogP contribution >= 0.6 is 24.0 Å². The van der Waals surface area contributed by atoms with Crippen molar-refractivity contribution in [3.63, 3.8) is 0 Å². The van der Waals surface area contributed by atoms with Gasteiger partial charge in [-0.25, -0.2) is 9.98 Å². The number of halogens is 1. The van der Waals surface area contributed by atoms with Gasteiger partial charge in [-0.2, -0.15) is 0 Å². The van der Waals surface area contributed by atoms with Crippen molar-refractivity contribution in [2.75, 3.05) is 51.2 Å². The molecule has 1 aliphatic heterocycles. The maximum absolute atomic E-state index is 4.79. The van der Waals surface area contributed by atoms with Gasteiger partial charge in [0.05, 0.1) is 6.54 Å². The van der Waals surface area contributed by atoms with E-state index in [0.717, 1.165) is 51.0 Å². The van der Waals surface area contributed by atoms with Crippen LogP contribution in [0.1, 0.15) is 45.1 Å². The summed E-state index contributed by atoms with van der Waals surface area (Å²) in [6.45, 7) is 11.1. The van der Waals surface area contributed by atoms with Gasteiger partial charge in [0.25, 0.3) is 0 Å². The molecule has 7 heteroatoms. The summed E-state index contributed by atoms with van der Waals surface area (Å²) in [6.07, 6.45) is 6.93. The topological polar surface area (TPSA) is 55.8 Å². The van der Waals surface area contributed by atoms with Crippen molar-refractivity contribution in [2.45, 2.75) is 46.1 Å². The quantitative estimate of drug-likeness (QED) is 0.242. The number of piperazine rings is 1. The van der Waals surface area contributed by atoms with Crippen molar-refractivity contribution in [2.24, 2.45) is 4.99 Å². The molecule has 2 rings (SSSR count). The summed E-state index contributed by atoms with van der Waals surface area (Å²) in [4.78, 5) is 14.2. The zero-order valence-electron chi connectivity index (χ0n) is 17.2. The normalized spacial score (nSPS) is 15.4. The lowest BCUT2D eigenvalue weighted by molar-refractivity contribution is 0.312. The van der Waals surface area contributed by atoms with E-state index in [9.17, 15) is 0 Å². The number of anilines is 1. The molecule has 1 aliphatic rings. The van der Waals surface area contributed by atoms with Crippen LogP contribution in [-0.4, -0.2) is 62.2 Å². The molecule has 6 nitrogen and oxygen atoms in total. The summed E-state index contributed by atoms with van der Waals surface area (Å²) >= 11 is 0. The number of rotatable bonds is 9. The van der Waals surface area contributed by atoms with E-state index in [1.54, 1.807) is 0 Å². The smallest absolute Gasteiger partial charge is 0.191 e. The third-order valence-corrected chi connectivity index (χ3v) is 4.74. The first-order valence-corrected chi connectivity index (χ1v) is 10.1. The predicted octanol–water partition coefficient (Wildman–Crippen LogP) is 3.09.